The van der Waals surface area contributed by atoms with Crippen molar-refractivity contribution in [3.05, 3.63) is 29.3 Å². The molecule has 1 N–H and O–H groups in total. The molecule has 1 amide bonds. The van der Waals surface area contributed by atoms with E-state index in [4.69, 9.17) is 4.74 Å². The van der Waals surface area contributed by atoms with Gasteiger partial charge in [0.05, 0.1) is 0 Å². The van der Waals surface area contributed by atoms with Crippen LogP contribution in [0.25, 0.3) is 0 Å². The van der Waals surface area contributed by atoms with Crippen LogP contribution in [0.4, 0.5) is 0 Å². The molecule has 1 rings (SSSR count). The highest BCUT2D eigenvalue weighted by Gasteiger charge is 2.09. The molecule has 0 aliphatic rings. The van der Waals surface area contributed by atoms with Gasteiger partial charge in [-0.25, -0.2) is 0 Å². The van der Waals surface area contributed by atoms with Crippen molar-refractivity contribution in [1.29, 1.82) is 0 Å². The Morgan fingerprint density at radius 1 is 1.39 bits per heavy atom. The van der Waals surface area contributed by atoms with Crippen molar-refractivity contribution in [2.24, 2.45) is 0 Å². The molecule has 0 saturated heterocycles. The maximum Gasteiger partial charge on any atom is 0.260 e. The summed E-state index contributed by atoms with van der Waals surface area (Å²) >= 11 is 0. The Balaban J connectivity index is 2.47. The van der Waals surface area contributed by atoms with Crippen LogP contribution in [0.15, 0.2) is 18.2 Å². The second-order valence-corrected chi connectivity index (χ2v) is 4.48. The van der Waals surface area contributed by atoms with Gasteiger partial charge >= 0.3 is 0 Å². The zero-order valence-electron chi connectivity index (χ0n) is 11.6. The van der Waals surface area contributed by atoms with Gasteiger partial charge < -0.3 is 15.0 Å². The molecule has 0 aliphatic carbocycles. The Labute approximate surface area is 109 Å². The number of amides is 1. The quantitative estimate of drug-likeness (QED) is 0.829. The average molecular weight is 250 g/mol. The first-order valence-electron chi connectivity index (χ1n) is 6.13. The van der Waals surface area contributed by atoms with Crippen molar-refractivity contribution in [3.63, 3.8) is 0 Å². The minimum absolute atomic E-state index is 0.00905. The van der Waals surface area contributed by atoms with E-state index in [9.17, 15) is 4.79 Å². The highest BCUT2D eigenvalue weighted by Crippen LogP contribution is 2.18. The van der Waals surface area contributed by atoms with E-state index in [1.165, 1.54) is 5.56 Å². The van der Waals surface area contributed by atoms with Gasteiger partial charge in [-0.3, -0.25) is 4.79 Å². The lowest BCUT2D eigenvalue weighted by Gasteiger charge is -2.17. The number of benzene rings is 1. The van der Waals surface area contributed by atoms with Crippen molar-refractivity contribution in [1.82, 2.24) is 10.2 Å². The lowest BCUT2D eigenvalue weighted by Crippen LogP contribution is -2.35. The summed E-state index contributed by atoms with van der Waals surface area (Å²) in [5.41, 5.74) is 2.25. The topological polar surface area (TPSA) is 41.6 Å². The fourth-order valence-electron chi connectivity index (χ4n) is 1.62. The number of carbonyl (C=O) groups excluding carboxylic acids is 1. The molecule has 0 aromatic heterocycles. The van der Waals surface area contributed by atoms with Gasteiger partial charge in [-0.2, -0.15) is 0 Å². The van der Waals surface area contributed by atoms with Crippen LogP contribution in [0.5, 0.6) is 5.75 Å². The Hall–Kier alpha value is -1.55. The second kappa shape index (κ2) is 7.01. The van der Waals surface area contributed by atoms with E-state index in [-0.39, 0.29) is 12.5 Å². The Bertz CT molecular complexity index is 405. The van der Waals surface area contributed by atoms with Gasteiger partial charge in [0.1, 0.15) is 5.75 Å². The highest BCUT2D eigenvalue weighted by atomic mass is 16.5. The van der Waals surface area contributed by atoms with E-state index < -0.39 is 0 Å². The van der Waals surface area contributed by atoms with E-state index in [1.807, 2.05) is 39.1 Å². The molecule has 0 spiro atoms. The molecule has 0 bridgehead atoms. The lowest BCUT2D eigenvalue weighted by molar-refractivity contribution is -0.132. The number of aryl methyl sites for hydroxylation is 2. The molecule has 0 aliphatic heterocycles. The Morgan fingerprint density at radius 2 is 2.11 bits per heavy atom. The van der Waals surface area contributed by atoms with E-state index in [0.717, 1.165) is 17.9 Å². The van der Waals surface area contributed by atoms with E-state index in [2.05, 4.69) is 5.32 Å². The molecule has 0 radical (unpaired) electrons. The van der Waals surface area contributed by atoms with Gasteiger partial charge in [0.2, 0.25) is 0 Å². The van der Waals surface area contributed by atoms with Crippen LogP contribution in [0.3, 0.4) is 0 Å². The van der Waals surface area contributed by atoms with Gasteiger partial charge in [0, 0.05) is 20.1 Å². The van der Waals surface area contributed by atoms with Crippen LogP contribution in [0.1, 0.15) is 11.1 Å². The molecule has 4 heteroatoms. The van der Waals surface area contributed by atoms with Gasteiger partial charge in [-0.05, 0) is 32.5 Å². The molecule has 1 aromatic rings. The molecular weight excluding hydrogens is 228 g/mol. The minimum atomic E-state index is -0.00905. The Morgan fingerprint density at radius 3 is 2.72 bits per heavy atom. The summed E-state index contributed by atoms with van der Waals surface area (Å²) in [6.07, 6.45) is 0. The highest BCUT2D eigenvalue weighted by molar-refractivity contribution is 5.77. The summed E-state index contributed by atoms with van der Waals surface area (Å²) < 4.78 is 5.54. The largest absolute Gasteiger partial charge is 0.484 e. The first-order valence-corrected chi connectivity index (χ1v) is 6.13. The predicted octanol–water partition coefficient (Wildman–Crippen LogP) is 1.36. The molecule has 0 unspecified atom stereocenters. The summed E-state index contributed by atoms with van der Waals surface area (Å²) in [6, 6.07) is 5.94. The number of nitrogens with one attached hydrogen (secondary N) is 1. The average Bonchev–Trinajstić information content (AvgIpc) is 2.34. The van der Waals surface area contributed by atoms with Crippen LogP contribution in [-0.4, -0.2) is 44.6 Å². The zero-order chi connectivity index (χ0) is 13.5. The number of carbonyl (C=O) groups is 1. The van der Waals surface area contributed by atoms with Crippen LogP contribution in [0.2, 0.25) is 0 Å². The fourth-order valence-corrected chi connectivity index (χ4v) is 1.62. The number of hydrogen-bond acceptors (Lipinski definition) is 3. The smallest absolute Gasteiger partial charge is 0.260 e. The summed E-state index contributed by atoms with van der Waals surface area (Å²) in [7, 11) is 3.65. The number of likely N-dealkylation sites (N-methyl/N-ethyl adjacent to an activating group) is 2. The van der Waals surface area contributed by atoms with Crippen LogP contribution in [0, 0.1) is 13.8 Å². The van der Waals surface area contributed by atoms with Crippen molar-refractivity contribution >= 4 is 5.91 Å². The van der Waals surface area contributed by atoms with Crippen molar-refractivity contribution in [3.8, 4) is 5.75 Å². The summed E-state index contributed by atoms with van der Waals surface area (Å²) in [5, 5.41) is 3.01. The summed E-state index contributed by atoms with van der Waals surface area (Å²) in [6.45, 7) is 5.58. The zero-order valence-corrected chi connectivity index (χ0v) is 11.6. The standard InChI is InChI=1S/C14H22N2O2/c1-11-5-6-13(12(2)9-11)18-10-14(17)16(4)8-7-15-3/h5-6,9,15H,7-8,10H2,1-4H3. The number of nitrogens with zero attached hydrogens (tertiary/aromatic N) is 1. The maximum absolute atomic E-state index is 11.8. The minimum Gasteiger partial charge on any atom is -0.484 e. The molecule has 100 valence electrons. The first-order chi connectivity index (χ1) is 8.54. The lowest BCUT2D eigenvalue weighted by atomic mass is 10.1. The SMILES string of the molecule is CNCCN(C)C(=O)COc1ccc(C)cc1C. The third-order valence-electron chi connectivity index (χ3n) is 2.80. The summed E-state index contributed by atoms with van der Waals surface area (Å²) in [4.78, 5) is 13.4. The van der Waals surface area contributed by atoms with Crippen LogP contribution < -0.4 is 10.1 Å². The van der Waals surface area contributed by atoms with Crippen molar-refractivity contribution < 1.29 is 9.53 Å². The predicted molar refractivity (Wildman–Crippen MR) is 73.0 cm³/mol. The van der Waals surface area contributed by atoms with E-state index in [0.29, 0.717) is 6.54 Å². The number of ether oxygens (including phenoxy) is 1. The summed E-state index contributed by atoms with van der Waals surface area (Å²) in [5.74, 6) is 0.765. The molecule has 0 heterocycles. The molecular formula is C14H22N2O2. The second-order valence-electron chi connectivity index (χ2n) is 4.48. The van der Waals surface area contributed by atoms with Crippen LogP contribution in [-0.2, 0) is 4.79 Å². The monoisotopic (exact) mass is 250 g/mol. The normalized spacial score (nSPS) is 10.2. The third-order valence-corrected chi connectivity index (χ3v) is 2.80. The van der Waals surface area contributed by atoms with Gasteiger partial charge in [0.25, 0.3) is 5.91 Å². The van der Waals surface area contributed by atoms with Gasteiger partial charge in [0.15, 0.2) is 6.61 Å². The molecule has 0 saturated carbocycles. The maximum atomic E-state index is 11.8. The molecule has 0 atom stereocenters. The van der Waals surface area contributed by atoms with Crippen molar-refractivity contribution in [2.45, 2.75) is 13.8 Å². The molecule has 0 fully saturated rings. The van der Waals surface area contributed by atoms with Crippen molar-refractivity contribution in [2.75, 3.05) is 33.8 Å². The Kier molecular flexibility index (Phi) is 5.65. The van der Waals surface area contributed by atoms with Gasteiger partial charge in [-0.1, -0.05) is 17.7 Å². The van der Waals surface area contributed by atoms with Gasteiger partial charge in [-0.15, -0.1) is 0 Å². The molecule has 1 aromatic carbocycles. The van der Waals surface area contributed by atoms with Crippen LogP contribution >= 0.6 is 0 Å². The van der Waals surface area contributed by atoms with E-state index >= 15 is 0 Å². The first kappa shape index (κ1) is 14.5. The number of rotatable bonds is 6. The molecule has 4 nitrogen and oxygen atoms in total. The fraction of sp³-hybridized carbons (Fsp3) is 0.500. The van der Waals surface area contributed by atoms with E-state index in [1.54, 1.807) is 11.9 Å². The number of hydrogen-bond donors (Lipinski definition) is 1. The molecule has 18 heavy (non-hydrogen) atoms. The third kappa shape index (κ3) is 4.37.